The van der Waals surface area contributed by atoms with E-state index in [1.807, 2.05) is 0 Å². The van der Waals surface area contributed by atoms with Gasteiger partial charge in [0.25, 0.3) is 0 Å². The van der Waals surface area contributed by atoms with Crippen molar-refractivity contribution in [3.8, 4) is 55.6 Å². The van der Waals surface area contributed by atoms with Crippen LogP contribution in [-0.4, -0.2) is 0 Å². The fraction of sp³-hybridized carbons (Fsp3) is 0.116. The molecule has 0 fully saturated rings. The summed E-state index contributed by atoms with van der Waals surface area (Å²) in [5.74, 6) is 0. The third-order valence-electron chi connectivity index (χ3n) is 23.9. The van der Waals surface area contributed by atoms with E-state index in [9.17, 15) is 0 Å². The van der Waals surface area contributed by atoms with Crippen molar-refractivity contribution in [3.05, 3.63) is 375 Å². The number of nitrogens with zero attached hydrogens (tertiary/aromatic N) is 1. The number of fused-ring (bicyclic) bond motifs is 25. The van der Waals surface area contributed by atoms with Gasteiger partial charge in [0.1, 0.15) is 22.3 Å². The summed E-state index contributed by atoms with van der Waals surface area (Å²) in [5.41, 5.74) is 35.1. The maximum Gasteiger partial charge on any atom is 0.144 e. The molecule has 98 heavy (non-hydrogen) atoms. The van der Waals surface area contributed by atoms with Gasteiger partial charge in [-0.15, -0.1) is 0 Å². The standard InChI is InChI=1S/C95H67NO2/c1-91(2)72-39-23-19-35-63(72)64-46-43-60(51-75(64)91)96(61-45-48-67-76(52-61)93(5,6)88-85(67)86-69-38-22-26-42-81(69)98-90(86)87-66-36-20-24-40-73(66)92(3,4)89(87)88)62-44-47-65-70-54-79-71(55-78(70)95(77(65)53-62,58-31-15-9-16-32-58)59-33-17-10-18-34-59)83-74(49-50-82-84(83)68-37-21-25-41-80(68)97-82)94(79,56-27-11-7-12-28-56)57-29-13-8-14-30-57/h7-55H,1-6H3. The lowest BCUT2D eigenvalue weighted by Gasteiger charge is -2.36. The van der Waals surface area contributed by atoms with Crippen molar-refractivity contribution in [2.75, 3.05) is 4.90 Å². The molecule has 0 bridgehead atoms. The molecule has 2 aromatic heterocycles. The summed E-state index contributed by atoms with van der Waals surface area (Å²) in [4.78, 5) is 2.59. The van der Waals surface area contributed by atoms with Crippen molar-refractivity contribution < 1.29 is 8.83 Å². The molecule has 0 amide bonds. The molecule has 0 saturated carbocycles. The predicted octanol–water partition coefficient (Wildman–Crippen LogP) is 24.6. The molecule has 14 aromatic carbocycles. The van der Waals surface area contributed by atoms with Gasteiger partial charge in [-0.3, -0.25) is 0 Å². The van der Waals surface area contributed by atoms with Crippen LogP contribution < -0.4 is 4.90 Å². The molecule has 5 aliphatic carbocycles. The van der Waals surface area contributed by atoms with Gasteiger partial charge in [-0.05, 0) is 195 Å². The quantitative estimate of drug-likeness (QED) is 0.159. The number of furan rings is 2. The molecule has 21 rings (SSSR count). The second-order valence-electron chi connectivity index (χ2n) is 29.7. The lowest BCUT2D eigenvalue weighted by atomic mass is 9.66. The first-order chi connectivity index (χ1) is 47.9. The van der Waals surface area contributed by atoms with Gasteiger partial charge >= 0.3 is 0 Å². The Labute approximate surface area is 570 Å². The van der Waals surface area contributed by atoms with Gasteiger partial charge in [0.2, 0.25) is 0 Å². The summed E-state index contributed by atoms with van der Waals surface area (Å²) >= 11 is 0. The van der Waals surface area contributed by atoms with Crippen LogP contribution in [0.25, 0.3) is 99.5 Å². The molecule has 0 atom stereocenters. The van der Waals surface area contributed by atoms with Gasteiger partial charge in [-0.1, -0.05) is 272 Å². The van der Waals surface area contributed by atoms with Crippen LogP contribution in [0.1, 0.15) is 119 Å². The maximum atomic E-state index is 7.15. The highest BCUT2D eigenvalue weighted by molar-refractivity contribution is 6.21. The summed E-state index contributed by atoms with van der Waals surface area (Å²) in [6.07, 6.45) is 0. The van der Waals surface area contributed by atoms with Crippen molar-refractivity contribution in [3.63, 3.8) is 0 Å². The van der Waals surface area contributed by atoms with E-state index in [0.29, 0.717) is 0 Å². The molecule has 0 N–H and O–H groups in total. The molecule has 16 aromatic rings. The molecular weight excluding hydrogens is 1190 g/mol. The fourth-order valence-electron chi connectivity index (χ4n) is 19.8. The van der Waals surface area contributed by atoms with Crippen LogP contribution in [0.2, 0.25) is 0 Å². The van der Waals surface area contributed by atoms with Crippen molar-refractivity contribution in [2.45, 2.75) is 68.6 Å². The summed E-state index contributed by atoms with van der Waals surface area (Å²) in [6.45, 7) is 14.6. The van der Waals surface area contributed by atoms with E-state index in [2.05, 4.69) is 344 Å². The zero-order chi connectivity index (χ0) is 65.3. The molecule has 3 nitrogen and oxygen atoms in total. The molecule has 0 unspecified atom stereocenters. The second-order valence-corrected chi connectivity index (χ2v) is 29.7. The minimum absolute atomic E-state index is 0.240. The topological polar surface area (TPSA) is 29.5 Å². The molecule has 0 saturated heterocycles. The Bertz CT molecular complexity index is 6060. The van der Waals surface area contributed by atoms with E-state index in [0.717, 1.165) is 55.6 Å². The van der Waals surface area contributed by atoms with Crippen molar-refractivity contribution in [2.24, 2.45) is 0 Å². The summed E-state index contributed by atoms with van der Waals surface area (Å²) in [7, 11) is 0. The van der Waals surface area contributed by atoms with Crippen LogP contribution >= 0.6 is 0 Å². The number of para-hydroxylation sites is 2. The Kier molecular flexibility index (Phi) is 11.0. The first-order valence-corrected chi connectivity index (χ1v) is 34.7. The third kappa shape index (κ3) is 6.88. The lowest BCUT2D eigenvalue weighted by molar-refractivity contribution is 0.600. The number of anilines is 3. The first-order valence-electron chi connectivity index (χ1n) is 34.7. The normalized spacial score (nSPS) is 15.9. The fourth-order valence-corrected chi connectivity index (χ4v) is 19.8. The highest BCUT2D eigenvalue weighted by Gasteiger charge is 2.54. The summed E-state index contributed by atoms with van der Waals surface area (Å²) in [6, 6.07) is 113. The van der Waals surface area contributed by atoms with Crippen LogP contribution in [0.3, 0.4) is 0 Å². The average molecular weight is 1250 g/mol. The minimum Gasteiger partial charge on any atom is -0.456 e. The molecule has 3 heteroatoms. The van der Waals surface area contributed by atoms with Crippen LogP contribution in [0.4, 0.5) is 17.1 Å². The average Bonchev–Trinajstić information content (AvgIpc) is 1.51. The molecule has 0 aliphatic heterocycles. The molecule has 5 aliphatic rings. The highest BCUT2D eigenvalue weighted by Crippen LogP contribution is 2.67. The van der Waals surface area contributed by atoms with Crippen molar-refractivity contribution in [1.82, 2.24) is 0 Å². The number of benzene rings is 14. The second kappa shape index (κ2) is 19.4. The van der Waals surface area contributed by atoms with Crippen LogP contribution in [0, 0.1) is 0 Å². The summed E-state index contributed by atoms with van der Waals surface area (Å²) < 4.78 is 14.0. The third-order valence-corrected chi connectivity index (χ3v) is 23.9. The SMILES string of the molecule is CC1(C)c2ccccc2-c2ccc(N(c3ccc4c(c3)C(C)(C)c3c5c(c6oc7ccccc7c6c3-4)-c3ccccc3C5(C)C)c3ccc4c(c3)C(c3ccccc3)(c3ccccc3)c3cc5c(cc3-4)C(c3ccccc3)(c3ccccc3)c3ccc4oc6ccccc6c4c3-5)cc21. The summed E-state index contributed by atoms with van der Waals surface area (Å²) in [5, 5.41) is 4.63. The van der Waals surface area contributed by atoms with E-state index in [1.54, 1.807) is 0 Å². The van der Waals surface area contributed by atoms with E-state index >= 15 is 0 Å². The monoisotopic (exact) mass is 1250 g/mol. The number of hydrogen-bond donors (Lipinski definition) is 0. The van der Waals surface area contributed by atoms with E-state index in [1.165, 1.54) is 139 Å². The van der Waals surface area contributed by atoms with Gasteiger partial charge < -0.3 is 13.7 Å². The zero-order valence-corrected chi connectivity index (χ0v) is 55.6. The first kappa shape index (κ1) is 55.7. The van der Waals surface area contributed by atoms with Gasteiger partial charge in [-0.25, -0.2) is 0 Å². The highest BCUT2D eigenvalue weighted by atomic mass is 16.3. The van der Waals surface area contributed by atoms with Crippen molar-refractivity contribution >= 4 is 60.9 Å². The maximum absolute atomic E-state index is 7.15. The van der Waals surface area contributed by atoms with E-state index < -0.39 is 16.2 Å². The van der Waals surface area contributed by atoms with Gasteiger partial charge in [-0.2, -0.15) is 0 Å². The Morgan fingerprint density at radius 3 is 1.24 bits per heavy atom. The lowest BCUT2D eigenvalue weighted by Crippen LogP contribution is -2.30. The Morgan fingerprint density at radius 2 is 0.643 bits per heavy atom. The van der Waals surface area contributed by atoms with Gasteiger partial charge in [0, 0.05) is 60.4 Å². The largest absolute Gasteiger partial charge is 0.456 e. The van der Waals surface area contributed by atoms with E-state index in [-0.39, 0.29) is 10.8 Å². The minimum atomic E-state index is -0.784. The Balaban J connectivity index is 0.849. The molecule has 2 heterocycles. The predicted molar refractivity (Wildman–Crippen MR) is 403 cm³/mol. The molecule has 0 radical (unpaired) electrons. The van der Waals surface area contributed by atoms with Crippen LogP contribution in [-0.2, 0) is 27.1 Å². The van der Waals surface area contributed by atoms with Gasteiger partial charge in [0.15, 0.2) is 0 Å². The molecule has 0 spiro atoms. The molecular formula is C95H67NO2. The van der Waals surface area contributed by atoms with Crippen LogP contribution in [0.15, 0.2) is 306 Å². The van der Waals surface area contributed by atoms with Gasteiger partial charge in [0.05, 0.1) is 10.8 Å². The van der Waals surface area contributed by atoms with Crippen LogP contribution in [0.5, 0.6) is 0 Å². The van der Waals surface area contributed by atoms with E-state index in [4.69, 9.17) is 8.83 Å². The zero-order valence-electron chi connectivity index (χ0n) is 55.6. The number of rotatable bonds is 7. The van der Waals surface area contributed by atoms with Crippen molar-refractivity contribution in [1.29, 1.82) is 0 Å². The number of hydrogen-bond acceptors (Lipinski definition) is 3. The Morgan fingerprint density at radius 1 is 0.245 bits per heavy atom. The smallest absolute Gasteiger partial charge is 0.144 e. The Hall–Kier alpha value is -11.5. The molecule has 464 valence electrons.